The van der Waals surface area contributed by atoms with Gasteiger partial charge in [-0.1, -0.05) is 13.5 Å². The second kappa shape index (κ2) is 12.5. The average molecular weight is 473 g/mol. The maximum absolute atomic E-state index is 12.7. The van der Waals surface area contributed by atoms with Crippen LogP contribution < -0.4 is 24.3 Å². The highest BCUT2D eigenvalue weighted by Gasteiger charge is 2.27. The summed E-state index contributed by atoms with van der Waals surface area (Å²) in [6.45, 7) is 3.77. The average Bonchev–Trinajstić information content (AvgIpc) is 3.36. The lowest BCUT2D eigenvalue weighted by atomic mass is 10.0. The fourth-order valence-corrected chi connectivity index (χ4v) is 4.16. The quantitative estimate of drug-likeness (QED) is 0.549. The van der Waals surface area contributed by atoms with Crippen molar-refractivity contribution in [1.29, 1.82) is 0 Å². The van der Waals surface area contributed by atoms with E-state index in [0.717, 1.165) is 31.7 Å². The van der Waals surface area contributed by atoms with Crippen molar-refractivity contribution >= 4 is 5.91 Å². The lowest BCUT2D eigenvalue weighted by Gasteiger charge is -2.29. The monoisotopic (exact) mass is 472 g/mol. The highest BCUT2D eigenvalue weighted by molar-refractivity contribution is 5.76. The van der Waals surface area contributed by atoms with E-state index < -0.39 is 12.1 Å². The molecule has 2 aromatic carbocycles. The topological polar surface area (TPSA) is 89.5 Å². The van der Waals surface area contributed by atoms with Gasteiger partial charge in [-0.05, 0) is 67.9 Å². The van der Waals surface area contributed by atoms with Gasteiger partial charge >= 0.3 is 0 Å². The number of hydrogen-bond acceptors (Lipinski definition) is 7. The first-order valence-corrected chi connectivity index (χ1v) is 11.5. The van der Waals surface area contributed by atoms with Gasteiger partial charge in [0.05, 0.1) is 26.2 Å². The van der Waals surface area contributed by atoms with Crippen molar-refractivity contribution in [3.8, 4) is 23.0 Å². The summed E-state index contributed by atoms with van der Waals surface area (Å²) in [6, 6.07) is 12.2. The number of nitrogens with zero attached hydrogens (tertiary/aromatic N) is 1. The molecule has 2 aliphatic rings. The molecule has 1 amide bonds. The summed E-state index contributed by atoms with van der Waals surface area (Å²) in [6.07, 6.45) is 1.59. The molecule has 0 bridgehead atoms. The summed E-state index contributed by atoms with van der Waals surface area (Å²) in [7, 11) is 1.61. The molecule has 0 spiro atoms. The molecule has 2 heterocycles. The van der Waals surface area contributed by atoms with Crippen LogP contribution in [0.25, 0.3) is 0 Å². The second-order valence-corrected chi connectivity index (χ2v) is 8.30. The van der Waals surface area contributed by atoms with Crippen LogP contribution in [0.2, 0.25) is 0 Å². The molecular formula is C26H36N2O6. The lowest BCUT2D eigenvalue weighted by molar-refractivity contribution is -0.123. The van der Waals surface area contributed by atoms with E-state index in [9.17, 15) is 9.90 Å². The molecule has 2 N–H and O–H groups in total. The van der Waals surface area contributed by atoms with Gasteiger partial charge in [0.25, 0.3) is 0 Å². The molecular weight excluding hydrogens is 436 g/mol. The molecule has 0 saturated carbocycles. The number of methoxy groups -OCH3 is 1. The largest absolute Gasteiger partial charge is 0.497 e. The predicted octanol–water partition coefficient (Wildman–Crippen LogP) is 3.19. The van der Waals surface area contributed by atoms with Gasteiger partial charge in [-0.2, -0.15) is 0 Å². The zero-order valence-corrected chi connectivity index (χ0v) is 19.0. The number of carbonyl (C=O) groups is 1. The highest BCUT2D eigenvalue weighted by atomic mass is 16.6. The molecule has 0 aliphatic carbocycles. The number of fused-ring (bicyclic) bond motifs is 1. The minimum absolute atomic E-state index is 0. The van der Waals surface area contributed by atoms with Crippen molar-refractivity contribution in [2.24, 2.45) is 0 Å². The van der Waals surface area contributed by atoms with E-state index in [0.29, 0.717) is 42.6 Å². The molecule has 0 radical (unpaired) electrons. The smallest absolute Gasteiger partial charge is 0.223 e. The molecule has 0 aromatic heterocycles. The van der Waals surface area contributed by atoms with Gasteiger partial charge in [0.1, 0.15) is 30.8 Å². The van der Waals surface area contributed by atoms with Crippen LogP contribution in [-0.2, 0) is 4.79 Å². The SMILES string of the molecule is C.COc1ccc(OCCC(=O)N[C@H](CN2CCCC2)[C@@H](O)c2ccc3c(c2)OCCO3)cc1. The number of aliphatic hydroxyl groups excluding tert-OH is 1. The molecule has 4 rings (SSSR count). The number of amides is 1. The summed E-state index contributed by atoms with van der Waals surface area (Å²) >= 11 is 0. The lowest BCUT2D eigenvalue weighted by Crippen LogP contribution is -2.47. The van der Waals surface area contributed by atoms with Gasteiger partial charge in [0.2, 0.25) is 5.91 Å². The summed E-state index contributed by atoms with van der Waals surface area (Å²) in [4.78, 5) is 15.0. The Morgan fingerprint density at radius 3 is 2.44 bits per heavy atom. The summed E-state index contributed by atoms with van der Waals surface area (Å²) in [5.41, 5.74) is 0.693. The van der Waals surface area contributed by atoms with Crippen molar-refractivity contribution in [1.82, 2.24) is 10.2 Å². The number of benzene rings is 2. The first-order valence-electron chi connectivity index (χ1n) is 11.5. The van der Waals surface area contributed by atoms with Crippen molar-refractivity contribution in [2.75, 3.05) is 46.6 Å². The van der Waals surface area contributed by atoms with Gasteiger partial charge in [-0.25, -0.2) is 0 Å². The minimum Gasteiger partial charge on any atom is -0.497 e. The minimum atomic E-state index is -0.868. The normalized spacial score (nSPS) is 16.8. The van der Waals surface area contributed by atoms with Gasteiger partial charge in [-0.15, -0.1) is 0 Å². The van der Waals surface area contributed by atoms with Crippen LogP contribution in [0.15, 0.2) is 42.5 Å². The van der Waals surface area contributed by atoms with E-state index in [1.807, 2.05) is 24.3 Å². The Labute approximate surface area is 201 Å². The van der Waals surface area contributed by atoms with Crippen LogP contribution in [0.1, 0.15) is 38.4 Å². The van der Waals surface area contributed by atoms with Crippen LogP contribution in [0.5, 0.6) is 23.0 Å². The third-order valence-corrected chi connectivity index (χ3v) is 5.95. The highest BCUT2D eigenvalue weighted by Crippen LogP contribution is 2.33. The third-order valence-electron chi connectivity index (χ3n) is 5.95. The summed E-state index contributed by atoms with van der Waals surface area (Å²) in [5.74, 6) is 2.56. The number of ether oxygens (including phenoxy) is 4. The van der Waals surface area contributed by atoms with E-state index in [1.54, 1.807) is 25.3 Å². The second-order valence-electron chi connectivity index (χ2n) is 8.30. The van der Waals surface area contributed by atoms with Crippen LogP contribution in [0.3, 0.4) is 0 Å². The standard InChI is InChI=1S/C25H32N2O6.CH4/c1-30-19-5-7-20(8-6-19)31-13-10-24(28)26-21(17-27-11-2-3-12-27)25(29)18-4-9-22-23(16-18)33-15-14-32-22;/h4-9,16,21,25,29H,2-3,10-15,17H2,1H3,(H,26,28);1H4/t21-,25+;/m1./s1. The zero-order valence-electron chi connectivity index (χ0n) is 19.0. The Morgan fingerprint density at radius 1 is 1.06 bits per heavy atom. The third kappa shape index (κ3) is 6.77. The Hall–Kier alpha value is -2.97. The first-order chi connectivity index (χ1) is 16.1. The number of rotatable bonds is 10. The van der Waals surface area contributed by atoms with Crippen molar-refractivity contribution in [2.45, 2.75) is 38.8 Å². The molecule has 1 saturated heterocycles. The van der Waals surface area contributed by atoms with Gasteiger partial charge in [0.15, 0.2) is 11.5 Å². The number of aliphatic hydroxyl groups is 1. The maximum Gasteiger partial charge on any atom is 0.223 e. The molecule has 8 heteroatoms. The van der Waals surface area contributed by atoms with E-state index in [2.05, 4.69) is 10.2 Å². The van der Waals surface area contributed by atoms with Crippen LogP contribution in [-0.4, -0.2) is 68.5 Å². The zero-order chi connectivity index (χ0) is 23.0. The van der Waals surface area contributed by atoms with Gasteiger partial charge in [-0.3, -0.25) is 4.79 Å². The molecule has 2 atom stereocenters. The number of likely N-dealkylation sites (tertiary alicyclic amines) is 1. The van der Waals surface area contributed by atoms with E-state index in [-0.39, 0.29) is 26.4 Å². The Kier molecular flexibility index (Phi) is 9.42. The summed E-state index contributed by atoms with van der Waals surface area (Å²) < 4.78 is 22.1. The molecule has 34 heavy (non-hydrogen) atoms. The van der Waals surface area contributed by atoms with E-state index in [1.165, 1.54) is 0 Å². The van der Waals surface area contributed by atoms with Gasteiger partial charge < -0.3 is 34.3 Å². The fourth-order valence-electron chi connectivity index (χ4n) is 4.16. The van der Waals surface area contributed by atoms with Crippen molar-refractivity contribution in [3.63, 3.8) is 0 Å². The van der Waals surface area contributed by atoms with E-state index in [4.69, 9.17) is 18.9 Å². The molecule has 0 unspecified atom stereocenters. The van der Waals surface area contributed by atoms with Crippen LogP contribution in [0.4, 0.5) is 0 Å². The molecule has 1 fully saturated rings. The number of carbonyl (C=O) groups excluding carboxylic acids is 1. The van der Waals surface area contributed by atoms with E-state index >= 15 is 0 Å². The fraction of sp³-hybridized carbons (Fsp3) is 0.500. The van der Waals surface area contributed by atoms with Gasteiger partial charge in [0, 0.05) is 6.54 Å². The summed E-state index contributed by atoms with van der Waals surface area (Å²) in [5, 5.41) is 14.2. The van der Waals surface area contributed by atoms with Crippen molar-refractivity contribution < 1.29 is 28.8 Å². The van der Waals surface area contributed by atoms with Crippen LogP contribution in [0, 0.1) is 0 Å². The predicted molar refractivity (Wildman–Crippen MR) is 130 cm³/mol. The van der Waals surface area contributed by atoms with Crippen LogP contribution >= 0.6 is 0 Å². The number of hydrogen-bond donors (Lipinski definition) is 2. The Bertz CT molecular complexity index is 914. The Morgan fingerprint density at radius 2 is 1.74 bits per heavy atom. The molecule has 186 valence electrons. The first kappa shape index (κ1) is 25.6. The Balaban J connectivity index is 0.00000324. The number of nitrogens with one attached hydrogen (secondary N) is 1. The molecule has 2 aliphatic heterocycles. The molecule has 2 aromatic rings. The maximum atomic E-state index is 12.7. The molecule has 8 nitrogen and oxygen atoms in total. The van der Waals surface area contributed by atoms with Crippen molar-refractivity contribution in [3.05, 3.63) is 48.0 Å².